The zero-order valence-corrected chi connectivity index (χ0v) is 14.2. The zero-order valence-electron chi connectivity index (χ0n) is 13.4. The van der Waals surface area contributed by atoms with E-state index in [1.807, 2.05) is 47.8 Å². The number of rotatable bonds is 4. The lowest BCUT2D eigenvalue weighted by Crippen LogP contribution is -2.30. The molecular formula is C17H13N5O3S. The van der Waals surface area contributed by atoms with Crippen LogP contribution < -0.4 is 0 Å². The molecule has 1 aliphatic carbocycles. The number of nitrogens with zero attached hydrogens (tertiary/aromatic N) is 5. The Bertz CT molecular complexity index is 981. The molecule has 0 unspecified atom stereocenters. The third-order valence-corrected chi connectivity index (χ3v) is 5.27. The first-order chi connectivity index (χ1) is 12.6. The van der Waals surface area contributed by atoms with Crippen LogP contribution in [0, 0.1) is 10.1 Å². The first kappa shape index (κ1) is 16.3. The van der Waals surface area contributed by atoms with Gasteiger partial charge in [-0.2, -0.15) is 0 Å². The minimum absolute atomic E-state index is 0.194. The molecule has 3 aromatic rings. The van der Waals surface area contributed by atoms with Crippen LogP contribution in [0.15, 0.2) is 53.9 Å². The number of allylic oxidation sites excluding steroid dienone is 2. The summed E-state index contributed by atoms with van der Waals surface area (Å²) in [6.45, 7) is 0. The highest BCUT2D eigenvalue weighted by atomic mass is 32.1. The van der Waals surface area contributed by atoms with E-state index >= 15 is 0 Å². The number of aromatic nitrogens is 4. The van der Waals surface area contributed by atoms with Crippen molar-refractivity contribution in [3.8, 4) is 0 Å². The number of tetrazole rings is 1. The van der Waals surface area contributed by atoms with Gasteiger partial charge in [0.15, 0.2) is 11.8 Å². The summed E-state index contributed by atoms with van der Waals surface area (Å²) in [4.78, 5) is 25.1. The van der Waals surface area contributed by atoms with Gasteiger partial charge in [0.05, 0.1) is 10.2 Å². The lowest BCUT2D eigenvalue weighted by molar-refractivity contribution is -0.394. The summed E-state index contributed by atoms with van der Waals surface area (Å²) < 4.78 is 0. The second-order valence-corrected chi connectivity index (χ2v) is 6.83. The predicted molar refractivity (Wildman–Crippen MR) is 94.6 cm³/mol. The second kappa shape index (κ2) is 6.60. The van der Waals surface area contributed by atoms with E-state index in [9.17, 15) is 14.9 Å². The van der Waals surface area contributed by atoms with E-state index in [1.165, 1.54) is 0 Å². The van der Waals surface area contributed by atoms with Crippen LogP contribution in [-0.4, -0.2) is 30.9 Å². The van der Waals surface area contributed by atoms with Gasteiger partial charge >= 0.3 is 5.95 Å². The highest BCUT2D eigenvalue weighted by molar-refractivity contribution is 7.11. The van der Waals surface area contributed by atoms with Gasteiger partial charge in [0.1, 0.15) is 0 Å². The van der Waals surface area contributed by atoms with E-state index in [1.54, 1.807) is 17.4 Å². The SMILES string of the molecule is O=C1C=C(c2cccs2)C[C@H](c2ccccc2)[C@@H]1n1nnc([N+](=O)[O-])n1. The molecule has 8 nitrogen and oxygen atoms in total. The number of ketones is 1. The van der Waals surface area contributed by atoms with Crippen molar-refractivity contribution in [1.29, 1.82) is 0 Å². The molecule has 0 amide bonds. The van der Waals surface area contributed by atoms with Gasteiger partial charge in [0.25, 0.3) is 0 Å². The normalized spacial score (nSPS) is 20.0. The smallest absolute Gasteiger partial charge is 0.390 e. The average Bonchev–Trinajstić information content (AvgIpc) is 3.34. The molecule has 130 valence electrons. The van der Waals surface area contributed by atoms with Crippen LogP contribution in [0.3, 0.4) is 0 Å². The van der Waals surface area contributed by atoms with E-state index in [-0.39, 0.29) is 11.7 Å². The third kappa shape index (κ3) is 2.93. The molecule has 2 aromatic heterocycles. The molecule has 0 N–H and O–H groups in total. The predicted octanol–water partition coefficient (Wildman–Crippen LogP) is 3.02. The monoisotopic (exact) mass is 367 g/mol. The van der Waals surface area contributed by atoms with Crippen molar-refractivity contribution >= 4 is 28.6 Å². The second-order valence-electron chi connectivity index (χ2n) is 5.88. The Morgan fingerprint density at radius 1 is 1.19 bits per heavy atom. The fourth-order valence-corrected chi connectivity index (χ4v) is 3.93. The van der Waals surface area contributed by atoms with Crippen LogP contribution in [0.4, 0.5) is 5.95 Å². The molecule has 4 rings (SSSR count). The molecule has 0 saturated carbocycles. The van der Waals surface area contributed by atoms with Crippen LogP contribution in [0.2, 0.25) is 0 Å². The summed E-state index contributed by atoms with van der Waals surface area (Å²) in [5.74, 6) is -1.04. The number of nitro groups is 1. The summed E-state index contributed by atoms with van der Waals surface area (Å²) >= 11 is 1.57. The van der Waals surface area contributed by atoms with E-state index in [2.05, 4.69) is 15.4 Å². The third-order valence-electron chi connectivity index (χ3n) is 4.32. The van der Waals surface area contributed by atoms with Gasteiger partial charge in [-0.1, -0.05) is 41.2 Å². The van der Waals surface area contributed by atoms with Crippen molar-refractivity contribution in [2.45, 2.75) is 18.4 Å². The minimum atomic E-state index is -0.762. The molecule has 9 heteroatoms. The molecule has 1 aromatic carbocycles. The van der Waals surface area contributed by atoms with Crippen molar-refractivity contribution in [1.82, 2.24) is 20.2 Å². The van der Waals surface area contributed by atoms with Gasteiger partial charge in [-0.15, -0.1) is 11.3 Å². The first-order valence-electron chi connectivity index (χ1n) is 7.90. The standard InChI is InChI=1S/C17H13N5O3S/c23-14-10-12(15-7-4-8-26-15)9-13(11-5-2-1-3-6-11)16(14)21-19-17(18-20-21)22(24)25/h1-8,10,13,16H,9H2/t13-,16+/m1/s1. The van der Waals surface area contributed by atoms with Crippen LogP contribution >= 0.6 is 11.3 Å². The summed E-state index contributed by atoms with van der Waals surface area (Å²) in [5, 5.41) is 23.8. The summed E-state index contributed by atoms with van der Waals surface area (Å²) in [5.41, 5.74) is 1.90. The van der Waals surface area contributed by atoms with Crippen molar-refractivity contribution in [3.05, 3.63) is 74.5 Å². The zero-order chi connectivity index (χ0) is 18.1. The lowest BCUT2D eigenvalue weighted by atomic mass is 9.79. The molecule has 0 bridgehead atoms. The van der Waals surface area contributed by atoms with Crippen LogP contribution in [-0.2, 0) is 4.79 Å². The van der Waals surface area contributed by atoms with Gasteiger partial charge in [0.2, 0.25) is 0 Å². The molecule has 0 spiro atoms. The fraction of sp³-hybridized carbons (Fsp3) is 0.176. The molecule has 2 heterocycles. The van der Waals surface area contributed by atoms with Gasteiger partial charge in [0, 0.05) is 16.0 Å². The Labute approximate surface area is 151 Å². The fourth-order valence-electron chi connectivity index (χ4n) is 3.18. The maximum atomic E-state index is 12.9. The highest BCUT2D eigenvalue weighted by Crippen LogP contribution is 2.42. The minimum Gasteiger partial charge on any atom is -0.390 e. The lowest BCUT2D eigenvalue weighted by Gasteiger charge is -2.28. The maximum Gasteiger partial charge on any atom is 0.514 e. The molecule has 26 heavy (non-hydrogen) atoms. The topological polar surface area (TPSA) is 104 Å². The molecule has 0 fully saturated rings. The number of thiophene rings is 1. The van der Waals surface area contributed by atoms with Crippen LogP contribution in [0.25, 0.3) is 5.57 Å². The van der Waals surface area contributed by atoms with Crippen molar-refractivity contribution in [3.63, 3.8) is 0 Å². The molecule has 0 radical (unpaired) electrons. The number of carbonyl (C=O) groups is 1. The number of hydrogen-bond donors (Lipinski definition) is 0. The Kier molecular flexibility index (Phi) is 4.13. The number of carbonyl (C=O) groups excluding carboxylic acids is 1. The van der Waals surface area contributed by atoms with E-state index in [0.29, 0.717) is 6.42 Å². The average molecular weight is 367 g/mol. The number of hydrogen-bond acceptors (Lipinski definition) is 7. The molecule has 0 saturated heterocycles. The Balaban J connectivity index is 1.78. The Hall–Kier alpha value is -3.20. The first-order valence-corrected chi connectivity index (χ1v) is 8.78. The maximum absolute atomic E-state index is 12.9. The van der Waals surface area contributed by atoms with Crippen molar-refractivity contribution in [2.24, 2.45) is 0 Å². The van der Waals surface area contributed by atoms with Gasteiger partial charge < -0.3 is 10.1 Å². The summed E-state index contributed by atoms with van der Waals surface area (Å²) in [6, 6.07) is 12.7. The molecular weight excluding hydrogens is 354 g/mol. The highest BCUT2D eigenvalue weighted by Gasteiger charge is 2.39. The van der Waals surface area contributed by atoms with Gasteiger partial charge in [-0.05, 0) is 40.0 Å². The van der Waals surface area contributed by atoms with Crippen LogP contribution in [0.1, 0.15) is 28.8 Å². The largest absolute Gasteiger partial charge is 0.514 e. The van der Waals surface area contributed by atoms with E-state index < -0.39 is 16.9 Å². The quantitative estimate of drug-likeness (QED) is 0.518. The van der Waals surface area contributed by atoms with Gasteiger partial charge in [-0.3, -0.25) is 4.79 Å². The van der Waals surface area contributed by atoms with Crippen LogP contribution in [0.5, 0.6) is 0 Å². The van der Waals surface area contributed by atoms with E-state index in [4.69, 9.17) is 0 Å². The molecule has 0 aliphatic heterocycles. The summed E-state index contributed by atoms with van der Waals surface area (Å²) in [6.07, 6.45) is 2.20. The van der Waals surface area contributed by atoms with Crippen molar-refractivity contribution < 1.29 is 9.72 Å². The van der Waals surface area contributed by atoms with E-state index in [0.717, 1.165) is 20.8 Å². The molecule has 1 aliphatic rings. The number of benzene rings is 1. The Morgan fingerprint density at radius 3 is 2.65 bits per heavy atom. The summed E-state index contributed by atoms with van der Waals surface area (Å²) in [7, 11) is 0. The van der Waals surface area contributed by atoms with Gasteiger partial charge in [-0.25, -0.2) is 0 Å². The molecule has 2 atom stereocenters. The Morgan fingerprint density at radius 2 is 2.00 bits per heavy atom. The van der Waals surface area contributed by atoms with Crippen molar-refractivity contribution in [2.75, 3.05) is 0 Å².